The van der Waals surface area contributed by atoms with Crippen LogP contribution in [0.3, 0.4) is 0 Å². The van der Waals surface area contributed by atoms with Gasteiger partial charge in [-0.25, -0.2) is 8.42 Å². The highest BCUT2D eigenvalue weighted by Crippen LogP contribution is 2.29. The second-order valence-corrected chi connectivity index (χ2v) is 12.2. The van der Waals surface area contributed by atoms with Gasteiger partial charge in [0.2, 0.25) is 11.8 Å². The minimum atomic E-state index is -4.16. The lowest BCUT2D eigenvalue weighted by Gasteiger charge is -2.34. The Hall–Kier alpha value is -3.56. The third-order valence-corrected chi connectivity index (χ3v) is 8.92. The molecule has 0 saturated carbocycles. The summed E-state index contributed by atoms with van der Waals surface area (Å²) in [6, 6.07) is 19.1. The number of carbonyl (C=O) groups excluding carboxylic acids is 2. The molecule has 0 bridgehead atoms. The number of amides is 2. The van der Waals surface area contributed by atoms with Gasteiger partial charge in [-0.15, -0.1) is 0 Å². The molecular weight excluding hydrogens is 562 g/mol. The predicted molar refractivity (Wildman–Crippen MR) is 163 cm³/mol. The van der Waals surface area contributed by atoms with Crippen LogP contribution in [0.25, 0.3) is 0 Å². The Morgan fingerprint density at radius 2 is 1.68 bits per heavy atom. The van der Waals surface area contributed by atoms with E-state index in [1.165, 1.54) is 17.0 Å². The minimum absolute atomic E-state index is 0.0445. The van der Waals surface area contributed by atoms with Gasteiger partial charge in [0, 0.05) is 17.6 Å². The molecule has 0 aliphatic rings. The summed E-state index contributed by atoms with van der Waals surface area (Å²) in [7, 11) is -2.60. The van der Waals surface area contributed by atoms with Gasteiger partial charge in [-0.2, -0.15) is 0 Å². The van der Waals surface area contributed by atoms with Crippen LogP contribution in [0.15, 0.2) is 77.7 Å². The molecular formula is C31H38ClN3O5S. The van der Waals surface area contributed by atoms with E-state index in [4.69, 9.17) is 16.3 Å². The SMILES string of the molecule is CC[C@H](C(=O)N[C@@H](C)CC)N(Cc1cccc(OC)c1)C(=O)CN(c1ccc(Cl)cc1C)S(=O)(=O)c1ccccc1. The molecule has 0 aliphatic heterocycles. The molecule has 41 heavy (non-hydrogen) atoms. The van der Waals surface area contributed by atoms with Crippen molar-refractivity contribution in [1.29, 1.82) is 0 Å². The molecule has 3 aromatic carbocycles. The number of methoxy groups -OCH3 is 1. The number of nitrogens with zero attached hydrogens (tertiary/aromatic N) is 2. The first-order valence-electron chi connectivity index (χ1n) is 13.6. The molecule has 0 aliphatic carbocycles. The van der Waals surface area contributed by atoms with E-state index in [0.29, 0.717) is 28.4 Å². The van der Waals surface area contributed by atoms with Crippen molar-refractivity contribution in [3.8, 4) is 5.75 Å². The molecule has 0 fully saturated rings. The number of halogens is 1. The highest BCUT2D eigenvalue weighted by molar-refractivity contribution is 7.92. The van der Waals surface area contributed by atoms with E-state index in [-0.39, 0.29) is 23.4 Å². The van der Waals surface area contributed by atoms with Crippen molar-refractivity contribution in [3.63, 3.8) is 0 Å². The van der Waals surface area contributed by atoms with Crippen molar-refractivity contribution in [3.05, 3.63) is 88.9 Å². The largest absolute Gasteiger partial charge is 0.497 e. The number of anilines is 1. The molecule has 0 radical (unpaired) electrons. The lowest BCUT2D eigenvalue weighted by Crippen LogP contribution is -2.53. The molecule has 0 heterocycles. The van der Waals surface area contributed by atoms with Crippen molar-refractivity contribution >= 4 is 39.1 Å². The van der Waals surface area contributed by atoms with Crippen LogP contribution < -0.4 is 14.4 Å². The van der Waals surface area contributed by atoms with Gasteiger partial charge in [-0.3, -0.25) is 13.9 Å². The number of hydrogen-bond acceptors (Lipinski definition) is 5. The molecule has 10 heteroatoms. The van der Waals surface area contributed by atoms with Crippen LogP contribution in [0.5, 0.6) is 5.75 Å². The number of rotatable bonds is 13. The van der Waals surface area contributed by atoms with E-state index in [2.05, 4.69) is 5.32 Å². The molecule has 2 atom stereocenters. The standard InChI is InChI=1S/C31H38ClN3O5S/c1-6-23(4)33-31(37)28(7-2)34(20-24-12-11-13-26(19-24)40-5)30(36)21-35(29-17-16-25(32)18-22(29)3)41(38,39)27-14-9-8-10-15-27/h8-19,23,28H,6-7,20-21H2,1-5H3,(H,33,37)/t23-,28+/m0/s1. The second-order valence-electron chi connectivity index (χ2n) is 9.87. The van der Waals surface area contributed by atoms with Crippen molar-refractivity contribution in [2.24, 2.45) is 0 Å². The molecule has 2 amide bonds. The zero-order chi connectivity index (χ0) is 30.2. The average Bonchev–Trinajstić information content (AvgIpc) is 2.96. The molecule has 0 aromatic heterocycles. The van der Waals surface area contributed by atoms with Crippen molar-refractivity contribution in [2.75, 3.05) is 18.0 Å². The zero-order valence-electron chi connectivity index (χ0n) is 24.1. The third-order valence-electron chi connectivity index (χ3n) is 6.91. The number of carbonyl (C=O) groups is 2. The van der Waals surface area contributed by atoms with Gasteiger partial charge in [0.05, 0.1) is 17.7 Å². The number of sulfonamides is 1. The summed E-state index contributed by atoms with van der Waals surface area (Å²) in [5.41, 5.74) is 1.66. The number of hydrogen-bond donors (Lipinski definition) is 1. The molecule has 3 aromatic rings. The first kappa shape index (κ1) is 32.0. The van der Waals surface area contributed by atoms with E-state index in [0.717, 1.165) is 16.3 Å². The van der Waals surface area contributed by atoms with Gasteiger partial charge in [0.25, 0.3) is 10.0 Å². The Balaban J connectivity index is 2.09. The normalized spacial score (nSPS) is 12.7. The number of nitrogens with one attached hydrogen (secondary N) is 1. The van der Waals surface area contributed by atoms with Crippen LogP contribution in [0.4, 0.5) is 5.69 Å². The summed E-state index contributed by atoms with van der Waals surface area (Å²) in [6.07, 6.45) is 1.06. The first-order valence-corrected chi connectivity index (χ1v) is 15.4. The molecule has 8 nitrogen and oxygen atoms in total. The Labute approximate surface area is 248 Å². The topological polar surface area (TPSA) is 96.0 Å². The smallest absolute Gasteiger partial charge is 0.264 e. The Morgan fingerprint density at radius 3 is 2.29 bits per heavy atom. The molecule has 3 rings (SSSR count). The highest BCUT2D eigenvalue weighted by Gasteiger charge is 2.34. The van der Waals surface area contributed by atoms with Crippen LogP contribution in [0, 0.1) is 6.92 Å². The minimum Gasteiger partial charge on any atom is -0.497 e. The van der Waals surface area contributed by atoms with Gasteiger partial charge in [-0.1, -0.05) is 55.8 Å². The fourth-order valence-electron chi connectivity index (χ4n) is 4.46. The van der Waals surface area contributed by atoms with Crippen molar-refractivity contribution in [1.82, 2.24) is 10.2 Å². The Morgan fingerprint density at radius 1 is 0.976 bits per heavy atom. The summed E-state index contributed by atoms with van der Waals surface area (Å²) >= 11 is 6.17. The summed E-state index contributed by atoms with van der Waals surface area (Å²) in [6.45, 7) is 7.00. The molecule has 220 valence electrons. The van der Waals surface area contributed by atoms with E-state index >= 15 is 0 Å². The third kappa shape index (κ3) is 8.01. The quantitative estimate of drug-likeness (QED) is 0.277. The number of benzene rings is 3. The highest BCUT2D eigenvalue weighted by atomic mass is 35.5. The van der Waals surface area contributed by atoms with Gasteiger partial charge in [0.1, 0.15) is 18.3 Å². The molecule has 0 spiro atoms. The van der Waals surface area contributed by atoms with E-state index < -0.39 is 28.5 Å². The first-order chi connectivity index (χ1) is 19.5. The molecule has 1 N–H and O–H groups in total. The fraction of sp³-hybridized carbons (Fsp3) is 0.355. The van der Waals surface area contributed by atoms with Gasteiger partial charge >= 0.3 is 0 Å². The summed E-state index contributed by atoms with van der Waals surface area (Å²) in [5, 5.41) is 3.42. The van der Waals surface area contributed by atoms with Crippen LogP contribution in [-0.2, 0) is 26.2 Å². The van der Waals surface area contributed by atoms with Gasteiger partial charge in [-0.05, 0) is 80.3 Å². The predicted octanol–water partition coefficient (Wildman–Crippen LogP) is 5.57. The zero-order valence-corrected chi connectivity index (χ0v) is 25.7. The number of aryl methyl sites for hydroxylation is 1. The van der Waals surface area contributed by atoms with E-state index in [1.54, 1.807) is 68.6 Å². The fourth-order valence-corrected chi connectivity index (χ4v) is 6.19. The maximum absolute atomic E-state index is 14.2. The average molecular weight is 600 g/mol. The van der Waals surface area contributed by atoms with Crippen LogP contribution in [0.2, 0.25) is 5.02 Å². The number of ether oxygens (including phenoxy) is 1. The van der Waals surface area contributed by atoms with Gasteiger partial charge in [0.15, 0.2) is 0 Å². The Kier molecular flexibility index (Phi) is 11.2. The summed E-state index contributed by atoms with van der Waals surface area (Å²) in [5.74, 6) is -0.205. The lowest BCUT2D eigenvalue weighted by atomic mass is 10.1. The van der Waals surface area contributed by atoms with Crippen molar-refractivity contribution in [2.45, 2.75) is 64.1 Å². The van der Waals surface area contributed by atoms with Crippen molar-refractivity contribution < 1.29 is 22.7 Å². The second kappa shape index (κ2) is 14.4. The maximum Gasteiger partial charge on any atom is 0.264 e. The summed E-state index contributed by atoms with van der Waals surface area (Å²) < 4.78 is 34.4. The van der Waals surface area contributed by atoms with Crippen LogP contribution in [-0.4, -0.2) is 50.9 Å². The molecule has 0 saturated heterocycles. The molecule has 0 unspecified atom stereocenters. The van der Waals surface area contributed by atoms with Crippen LogP contribution in [0.1, 0.15) is 44.7 Å². The van der Waals surface area contributed by atoms with Gasteiger partial charge < -0.3 is 15.0 Å². The van der Waals surface area contributed by atoms with E-state index in [9.17, 15) is 18.0 Å². The maximum atomic E-state index is 14.2. The monoisotopic (exact) mass is 599 g/mol. The lowest BCUT2D eigenvalue weighted by molar-refractivity contribution is -0.140. The van der Waals surface area contributed by atoms with Crippen LogP contribution >= 0.6 is 11.6 Å². The Bertz CT molecular complexity index is 1450. The summed E-state index contributed by atoms with van der Waals surface area (Å²) in [4.78, 5) is 29.1. The van der Waals surface area contributed by atoms with E-state index in [1.807, 2.05) is 26.8 Å².